The maximum atomic E-state index is 13.9. The molecular formula is C16H15FN4O. The minimum atomic E-state index is -0.750. The summed E-state index contributed by atoms with van der Waals surface area (Å²) in [6.07, 6.45) is 0.403. The van der Waals surface area contributed by atoms with E-state index in [9.17, 15) is 9.18 Å². The molecule has 6 heteroatoms. The maximum Gasteiger partial charge on any atom is 0.324 e. The molecule has 112 valence electrons. The van der Waals surface area contributed by atoms with E-state index in [1.807, 2.05) is 0 Å². The van der Waals surface area contributed by atoms with Gasteiger partial charge < -0.3 is 11.5 Å². The van der Waals surface area contributed by atoms with Gasteiger partial charge in [0.05, 0.1) is 11.7 Å². The summed E-state index contributed by atoms with van der Waals surface area (Å²) < 4.78 is 13.9. The lowest BCUT2D eigenvalue weighted by molar-refractivity contribution is 0.256. The number of fused-ring (bicyclic) bond motifs is 1. The molecule has 2 amide bonds. The molecule has 1 heterocycles. The first kappa shape index (κ1) is 14.2. The van der Waals surface area contributed by atoms with Gasteiger partial charge in [0.25, 0.3) is 0 Å². The van der Waals surface area contributed by atoms with Crippen molar-refractivity contribution in [2.45, 2.75) is 12.5 Å². The van der Waals surface area contributed by atoms with Gasteiger partial charge in [0.15, 0.2) is 0 Å². The number of carbonyl (C=O) groups is 1. The van der Waals surface area contributed by atoms with Gasteiger partial charge in [0.1, 0.15) is 11.7 Å². The predicted octanol–water partition coefficient (Wildman–Crippen LogP) is 2.24. The van der Waals surface area contributed by atoms with E-state index in [-0.39, 0.29) is 11.7 Å². The van der Waals surface area contributed by atoms with Crippen LogP contribution in [0, 0.1) is 11.2 Å². The first-order valence-corrected chi connectivity index (χ1v) is 6.80. The molecule has 2 aromatic rings. The second-order valence-electron chi connectivity index (χ2n) is 5.19. The first-order valence-electron chi connectivity index (χ1n) is 6.80. The largest absolute Gasteiger partial charge is 0.351 e. The summed E-state index contributed by atoms with van der Waals surface area (Å²) in [5.41, 5.74) is 13.7. The van der Waals surface area contributed by atoms with Crippen molar-refractivity contribution in [3.05, 3.63) is 53.8 Å². The van der Waals surface area contributed by atoms with Gasteiger partial charge in [0, 0.05) is 5.56 Å². The van der Waals surface area contributed by atoms with Crippen LogP contribution in [-0.4, -0.2) is 17.9 Å². The molecular weight excluding hydrogens is 283 g/mol. The molecule has 3 rings (SSSR count). The molecule has 1 aliphatic heterocycles. The quantitative estimate of drug-likeness (QED) is 0.752. The number of nitrogens with one attached hydrogen (secondary N) is 1. The third-order valence-corrected chi connectivity index (χ3v) is 3.76. The number of nitrogens with two attached hydrogens (primary N) is 2. The van der Waals surface area contributed by atoms with Gasteiger partial charge in [-0.15, -0.1) is 0 Å². The molecule has 0 fully saturated rings. The first-order chi connectivity index (χ1) is 10.5. The van der Waals surface area contributed by atoms with Gasteiger partial charge in [0.2, 0.25) is 0 Å². The van der Waals surface area contributed by atoms with Crippen LogP contribution in [0.15, 0.2) is 42.5 Å². The van der Waals surface area contributed by atoms with E-state index >= 15 is 0 Å². The Hall–Kier alpha value is -2.73. The Morgan fingerprint density at radius 3 is 2.68 bits per heavy atom. The fourth-order valence-electron chi connectivity index (χ4n) is 2.70. The van der Waals surface area contributed by atoms with Crippen molar-refractivity contribution in [2.24, 2.45) is 11.5 Å². The minimum absolute atomic E-state index is 0.0290. The lowest BCUT2D eigenvalue weighted by atomic mass is 9.93. The molecule has 0 aliphatic carbocycles. The lowest BCUT2D eigenvalue weighted by Crippen LogP contribution is -2.52. The van der Waals surface area contributed by atoms with Crippen molar-refractivity contribution in [3.8, 4) is 11.1 Å². The van der Waals surface area contributed by atoms with Crippen molar-refractivity contribution in [2.75, 3.05) is 4.90 Å². The van der Waals surface area contributed by atoms with Crippen molar-refractivity contribution >= 4 is 17.6 Å². The number of halogens is 1. The molecule has 1 atom stereocenters. The number of urea groups is 1. The van der Waals surface area contributed by atoms with E-state index in [1.165, 1.54) is 6.07 Å². The molecule has 0 bridgehead atoms. The molecule has 0 spiro atoms. The van der Waals surface area contributed by atoms with Crippen molar-refractivity contribution in [1.82, 2.24) is 0 Å². The third-order valence-electron chi connectivity index (χ3n) is 3.76. The van der Waals surface area contributed by atoms with Crippen LogP contribution in [0.25, 0.3) is 11.1 Å². The zero-order valence-electron chi connectivity index (χ0n) is 11.7. The number of benzene rings is 2. The average Bonchev–Trinajstić information content (AvgIpc) is 2.48. The number of hydrogen-bond donors (Lipinski definition) is 3. The Morgan fingerprint density at radius 2 is 2.00 bits per heavy atom. The number of nitrogens with zero attached hydrogens (tertiary/aromatic N) is 1. The van der Waals surface area contributed by atoms with Gasteiger partial charge in [-0.05, 0) is 35.7 Å². The lowest BCUT2D eigenvalue weighted by Gasteiger charge is -2.32. The highest BCUT2D eigenvalue weighted by atomic mass is 19.1. The van der Waals surface area contributed by atoms with Gasteiger partial charge in [-0.1, -0.05) is 24.3 Å². The number of amides is 2. The molecule has 1 aliphatic rings. The Labute approximate surface area is 126 Å². The van der Waals surface area contributed by atoms with Gasteiger partial charge in [-0.25, -0.2) is 14.1 Å². The normalized spacial score (nSPS) is 17.3. The number of anilines is 1. The van der Waals surface area contributed by atoms with Crippen molar-refractivity contribution in [3.63, 3.8) is 0 Å². The van der Waals surface area contributed by atoms with Crippen LogP contribution in [0.4, 0.5) is 14.9 Å². The van der Waals surface area contributed by atoms with Crippen LogP contribution in [-0.2, 0) is 6.42 Å². The Balaban J connectivity index is 2.12. The van der Waals surface area contributed by atoms with Crippen molar-refractivity contribution in [1.29, 1.82) is 5.41 Å². The minimum Gasteiger partial charge on any atom is -0.351 e. The topological polar surface area (TPSA) is 96.2 Å². The highest BCUT2D eigenvalue weighted by molar-refractivity contribution is 6.18. The highest BCUT2D eigenvalue weighted by Gasteiger charge is 2.31. The molecule has 5 nitrogen and oxygen atoms in total. The predicted molar refractivity (Wildman–Crippen MR) is 83.3 cm³/mol. The Bertz CT molecular complexity index is 774. The van der Waals surface area contributed by atoms with E-state index in [0.29, 0.717) is 23.2 Å². The van der Waals surface area contributed by atoms with Gasteiger partial charge in [-0.3, -0.25) is 5.41 Å². The highest BCUT2D eigenvalue weighted by Crippen LogP contribution is 2.32. The summed E-state index contributed by atoms with van der Waals surface area (Å²) >= 11 is 0. The Morgan fingerprint density at radius 1 is 1.27 bits per heavy atom. The molecule has 0 saturated heterocycles. The monoisotopic (exact) mass is 298 g/mol. The number of carbonyl (C=O) groups excluding carboxylic acids is 1. The number of rotatable bonds is 1. The Kier molecular flexibility index (Phi) is 3.38. The summed E-state index contributed by atoms with van der Waals surface area (Å²) in [7, 11) is 0. The fourth-order valence-corrected chi connectivity index (χ4v) is 2.70. The zero-order chi connectivity index (χ0) is 15.9. The molecule has 22 heavy (non-hydrogen) atoms. The average molecular weight is 298 g/mol. The second kappa shape index (κ2) is 5.23. The number of primary amides is 1. The van der Waals surface area contributed by atoms with E-state index in [4.69, 9.17) is 16.9 Å². The smallest absolute Gasteiger partial charge is 0.324 e. The molecule has 0 radical (unpaired) electrons. The molecule has 0 saturated carbocycles. The standard InChI is InChI=1S/C16H15FN4O/c17-12-4-2-1-3-11(12)9-5-6-14-10(7-9)8-13(18)15(19)21(14)16(20)22/h1-7,13,19H,8,18H2,(H2,20,22). The maximum absolute atomic E-state index is 13.9. The summed E-state index contributed by atoms with van der Waals surface area (Å²) in [6.45, 7) is 0. The fraction of sp³-hybridized carbons (Fsp3) is 0.125. The molecule has 5 N–H and O–H groups in total. The third kappa shape index (κ3) is 2.23. The van der Waals surface area contributed by atoms with E-state index in [2.05, 4.69) is 0 Å². The summed E-state index contributed by atoms with van der Waals surface area (Å²) in [5.74, 6) is -0.347. The number of amidine groups is 1. The zero-order valence-corrected chi connectivity index (χ0v) is 11.7. The van der Waals surface area contributed by atoms with Crippen LogP contribution >= 0.6 is 0 Å². The van der Waals surface area contributed by atoms with Crippen LogP contribution in [0.1, 0.15) is 5.56 Å². The number of hydrogen-bond acceptors (Lipinski definition) is 3. The summed E-state index contributed by atoms with van der Waals surface area (Å²) in [5, 5.41) is 7.91. The van der Waals surface area contributed by atoms with E-state index in [1.54, 1.807) is 36.4 Å². The second-order valence-corrected chi connectivity index (χ2v) is 5.19. The molecule has 1 unspecified atom stereocenters. The van der Waals surface area contributed by atoms with Crippen LogP contribution in [0.5, 0.6) is 0 Å². The van der Waals surface area contributed by atoms with Gasteiger partial charge >= 0.3 is 6.03 Å². The van der Waals surface area contributed by atoms with Gasteiger partial charge in [-0.2, -0.15) is 0 Å². The van der Waals surface area contributed by atoms with Crippen molar-refractivity contribution < 1.29 is 9.18 Å². The SMILES string of the molecule is N=C1C(N)Cc2cc(-c3ccccc3F)ccc2N1C(N)=O. The van der Waals surface area contributed by atoms with Crippen LogP contribution in [0.2, 0.25) is 0 Å². The molecule has 0 aromatic heterocycles. The summed E-state index contributed by atoms with van der Waals surface area (Å²) in [6, 6.07) is 10.3. The van der Waals surface area contributed by atoms with E-state index in [0.717, 1.165) is 10.5 Å². The molecule has 2 aromatic carbocycles. The van der Waals surface area contributed by atoms with E-state index < -0.39 is 12.1 Å². The van der Waals surface area contributed by atoms with Crippen LogP contribution < -0.4 is 16.4 Å². The van der Waals surface area contributed by atoms with Crippen LogP contribution in [0.3, 0.4) is 0 Å². The summed E-state index contributed by atoms with van der Waals surface area (Å²) in [4.78, 5) is 12.7.